The Morgan fingerprint density at radius 2 is 1.14 bits per heavy atom. The first-order chi connectivity index (χ1) is 10.3. The lowest BCUT2D eigenvalue weighted by molar-refractivity contribution is 0.124. The van der Waals surface area contributed by atoms with Gasteiger partial charge in [0.2, 0.25) is 0 Å². The molecule has 0 aromatic carbocycles. The molecule has 1 atom stereocenters. The molecule has 0 aromatic rings. The molecule has 0 amide bonds. The molecule has 0 radical (unpaired) electrons. The van der Waals surface area contributed by atoms with Crippen LogP contribution in [0.2, 0.25) is 0 Å². The van der Waals surface area contributed by atoms with E-state index in [2.05, 4.69) is 20.4 Å². The lowest BCUT2D eigenvalue weighted by atomic mass is 10.0. The van der Waals surface area contributed by atoms with E-state index in [1.54, 1.807) is 6.26 Å². The fourth-order valence-electron chi connectivity index (χ4n) is 2.95. The average molecular weight is 297 g/mol. The molecular formula is C20H40O. The summed E-state index contributed by atoms with van der Waals surface area (Å²) in [5, 5.41) is 0. The van der Waals surface area contributed by atoms with Crippen LogP contribution in [0.3, 0.4) is 0 Å². The van der Waals surface area contributed by atoms with Crippen molar-refractivity contribution >= 4 is 0 Å². The van der Waals surface area contributed by atoms with Crippen LogP contribution in [0.5, 0.6) is 0 Å². The Bertz CT molecular complexity index is 200. The highest BCUT2D eigenvalue weighted by atomic mass is 16.5. The van der Waals surface area contributed by atoms with Crippen LogP contribution in [0.1, 0.15) is 110 Å². The molecule has 126 valence electrons. The van der Waals surface area contributed by atoms with Crippen molar-refractivity contribution in [3.05, 3.63) is 12.8 Å². The maximum atomic E-state index is 5.55. The third kappa shape index (κ3) is 15.7. The predicted molar refractivity (Wildman–Crippen MR) is 95.7 cm³/mol. The van der Waals surface area contributed by atoms with Gasteiger partial charge in [0, 0.05) is 0 Å². The SMILES string of the molecule is C=COC(CCC)CCCCCCCCCCCCCC. The van der Waals surface area contributed by atoms with E-state index in [9.17, 15) is 0 Å². The number of rotatable bonds is 17. The Morgan fingerprint density at radius 1 is 0.667 bits per heavy atom. The lowest BCUT2D eigenvalue weighted by Crippen LogP contribution is -2.08. The van der Waals surface area contributed by atoms with Gasteiger partial charge in [0.25, 0.3) is 0 Å². The van der Waals surface area contributed by atoms with E-state index >= 15 is 0 Å². The standard InChI is InChI=1S/C20H40O/c1-4-7-8-9-10-11-12-13-14-15-16-17-19-20(18-5-2)21-6-3/h6,20H,3-5,7-19H2,1-2H3. The Morgan fingerprint density at radius 3 is 1.57 bits per heavy atom. The van der Waals surface area contributed by atoms with Gasteiger partial charge < -0.3 is 4.74 Å². The number of hydrogen-bond acceptors (Lipinski definition) is 1. The van der Waals surface area contributed by atoms with Crippen molar-refractivity contribution in [2.75, 3.05) is 0 Å². The van der Waals surface area contributed by atoms with Crippen LogP contribution in [0.4, 0.5) is 0 Å². The van der Waals surface area contributed by atoms with Crippen LogP contribution < -0.4 is 0 Å². The van der Waals surface area contributed by atoms with Crippen molar-refractivity contribution in [1.29, 1.82) is 0 Å². The second-order valence-electron chi connectivity index (χ2n) is 6.39. The van der Waals surface area contributed by atoms with Crippen molar-refractivity contribution in [2.45, 2.75) is 116 Å². The van der Waals surface area contributed by atoms with Crippen LogP contribution >= 0.6 is 0 Å². The summed E-state index contributed by atoms with van der Waals surface area (Å²) in [6.45, 7) is 8.18. The smallest absolute Gasteiger partial charge is 0.0978 e. The molecule has 0 rings (SSSR count). The summed E-state index contributed by atoms with van der Waals surface area (Å²) in [7, 11) is 0. The van der Waals surface area contributed by atoms with Crippen molar-refractivity contribution in [3.8, 4) is 0 Å². The van der Waals surface area contributed by atoms with Crippen molar-refractivity contribution in [3.63, 3.8) is 0 Å². The zero-order valence-corrected chi connectivity index (χ0v) is 14.9. The van der Waals surface area contributed by atoms with E-state index in [1.807, 2.05) is 0 Å². The van der Waals surface area contributed by atoms with Crippen LogP contribution in [0.15, 0.2) is 12.8 Å². The predicted octanol–water partition coefficient (Wildman–Crippen LogP) is 7.41. The van der Waals surface area contributed by atoms with Gasteiger partial charge in [0.15, 0.2) is 0 Å². The molecule has 0 bridgehead atoms. The molecule has 0 aliphatic rings. The highest BCUT2D eigenvalue weighted by molar-refractivity contribution is 4.62. The van der Waals surface area contributed by atoms with E-state index in [-0.39, 0.29) is 0 Å². The second-order valence-corrected chi connectivity index (χ2v) is 6.39. The van der Waals surface area contributed by atoms with Gasteiger partial charge in [-0.1, -0.05) is 97.5 Å². The quantitative estimate of drug-likeness (QED) is 0.200. The number of ether oxygens (including phenoxy) is 1. The molecule has 0 aliphatic heterocycles. The Balaban J connectivity index is 3.19. The van der Waals surface area contributed by atoms with E-state index in [0.717, 1.165) is 0 Å². The lowest BCUT2D eigenvalue weighted by Gasteiger charge is -2.15. The maximum Gasteiger partial charge on any atom is 0.0978 e. The Kier molecular flexibility index (Phi) is 17.2. The van der Waals surface area contributed by atoms with Crippen molar-refractivity contribution in [2.24, 2.45) is 0 Å². The first-order valence-electron chi connectivity index (χ1n) is 9.61. The van der Waals surface area contributed by atoms with E-state index in [4.69, 9.17) is 4.74 Å². The number of unbranched alkanes of at least 4 members (excludes halogenated alkanes) is 11. The van der Waals surface area contributed by atoms with Crippen molar-refractivity contribution in [1.82, 2.24) is 0 Å². The van der Waals surface area contributed by atoms with Crippen LogP contribution in [-0.2, 0) is 4.74 Å². The first kappa shape index (κ1) is 20.5. The summed E-state index contributed by atoms with van der Waals surface area (Å²) < 4.78 is 5.55. The molecule has 1 nitrogen and oxygen atoms in total. The van der Waals surface area contributed by atoms with E-state index in [1.165, 1.54) is 96.3 Å². The summed E-state index contributed by atoms with van der Waals surface area (Å²) in [5.74, 6) is 0. The molecule has 0 N–H and O–H groups in total. The topological polar surface area (TPSA) is 9.23 Å². The van der Waals surface area contributed by atoms with Crippen LogP contribution in [0.25, 0.3) is 0 Å². The van der Waals surface area contributed by atoms with Gasteiger partial charge in [0.1, 0.15) is 0 Å². The largest absolute Gasteiger partial charge is 0.499 e. The fourth-order valence-corrected chi connectivity index (χ4v) is 2.95. The molecule has 0 aliphatic carbocycles. The Hall–Kier alpha value is -0.460. The molecule has 1 unspecified atom stereocenters. The average Bonchev–Trinajstić information content (AvgIpc) is 2.48. The molecule has 0 fully saturated rings. The monoisotopic (exact) mass is 296 g/mol. The fraction of sp³-hybridized carbons (Fsp3) is 0.900. The molecule has 1 heteroatoms. The molecular weight excluding hydrogens is 256 g/mol. The summed E-state index contributed by atoms with van der Waals surface area (Å²) in [6.07, 6.45) is 22.6. The number of hydrogen-bond donors (Lipinski definition) is 0. The molecule has 21 heavy (non-hydrogen) atoms. The van der Waals surface area contributed by atoms with Crippen LogP contribution in [0, 0.1) is 0 Å². The minimum Gasteiger partial charge on any atom is -0.499 e. The molecule has 0 aromatic heterocycles. The minimum absolute atomic E-state index is 0.413. The molecule has 0 heterocycles. The van der Waals surface area contributed by atoms with Gasteiger partial charge in [-0.25, -0.2) is 0 Å². The summed E-state index contributed by atoms with van der Waals surface area (Å²) in [6, 6.07) is 0. The zero-order chi connectivity index (χ0) is 15.6. The summed E-state index contributed by atoms with van der Waals surface area (Å²) in [4.78, 5) is 0. The van der Waals surface area contributed by atoms with Gasteiger partial charge >= 0.3 is 0 Å². The van der Waals surface area contributed by atoms with Gasteiger partial charge in [-0.15, -0.1) is 0 Å². The first-order valence-corrected chi connectivity index (χ1v) is 9.61. The van der Waals surface area contributed by atoms with Gasteiger partial charge in [0.05, 0.1) is 12.4 Å². The minimum atomic E-state index is 0.413. The van der Waals surface area contributed by atoms with Crippen molar-refractivity contribution < 1.29 is 4.74 Å². The third-order valence-corrected chi connectivity index (χ3v) is 4.28. The molecule has 0 saturated carbocycles. The second kappa shape index (κ2) is 17.6. The normalized spacial score (nSPS) is 12.3. The Labute approximate surface area is 134 Å². The van der Waals surface area contributed by atoms with Gasteiger partial charge in [-0.2, -0.15) is 0 Å². The van der Waals surface area contributed by atoms with E-state index < -0.39 is 0 Å². The van der Waals surface area contributed by atoms with E-state index in [0.29, 0.717) is 6.10 Å². The van der Waals surface area contributed by atoms with Gasteiger partial charge in [-0.3, -0.25) is 0 Å². The highest BCUT2D eigenvalue weighted by Gasteiger charge is 2.06. The summed E-state index contributed by atoms with van der Waals surface area (Å²) >= 11 is 0. The highest BCUT2D eigenvalue weighted by Crippen LogP contribution is 2.15. The third-order valence-electron chi connectivity index (χ3n) is 4.28. The van der Waals surface area contributed by atoms with Gasteiger partial charge in [-0.05, 0) is 19.3 Å². The zero-order valence-electron chi connectivity index (χ0n) is 14.9. The molecule has 0 spiro atoms. The summed E-state index contributed by atoms with van der Waals surface area (Å²) in [5.41, 5.74) is 0. The maximum absolute atomic E-state index is 5.55. The molecule has 0 saturated heterocycles. The van der Waals surface area contributed by atoms with Crippen LogP contribution in [-0.4, -0.2) is 6.10 Å².